The Morgan fingerprint density at radius 2 is 2.05 bits per heavy atom. The van der Waals surface area contributed by atoms with Gasteiger partial charge in [0.2, 0.25) is 0 Å². The summed E-state index contributed by atoms with van der Waals surface area (Å²) in [6.07, 6.45) is 4.05. The van der Waals surface area contributed by atoms with E-state index in [1.54, 1.807) is 0 Å². The first kappa shape index (κ1) is 14.9. The first-order valence-electron chi connectivity index (χ1n) is 8.46. The van der Waals surface area contributed by atoms with Gasteiger partial charge >= 0.3 is 0 Å². The Bertz CT molecular complexity index is 429. The highest BCUT2D eigenvalue weighted by Crippen LogP contribution is 2.29. The monoisotopic (exact) mass is 288 g/mol. The van der Waals surface area contributed by atoms with Crippen molar-refractivity contribution in [2.24, 2.45) is 5.92 Å². The summed E-state index contributed by atoms with van der Waals surface area (Å²) < 4.78 is 6.07. The Balaban J connectivity index is 1.45. The highest BCUT2D eigenvalue weighted by molar-refractivity contribution is 5.37. The lowest BCUT2D eigenvalue weighted by Crippen LogP contribution is -2.44. The maximum Gasteiger partial charge on any atom is 0.123 e. The SMILES string of the molecule is CCNC(C)C1CCN(CC2Cc3ccccc3O2)CC1. The van der Waals surface area contributed by atoms with E-state index in [2.05, 4.69) is 48.3 Å². The summed E-state index contributed by atoms with van der Waals surface area (Å²) in [7, 11) is 0. The number of likely N-dealkylation sites (tertiary alicyclic amines) is 1. The molecule has 0 spiro atoms. The minimum atomic E-state index is 0.352. The zero-order chi connectivity index (χ0) is 14.7. The van der Waals surface area contributed by atoms with Gasteiger partial charge in [-0.2, -0.15) is 0 Å². The molecule has 0 saturated carbocycles. The molecule has 2 unspecified atom stereocenters. The van der Waals surface area contributed by atoms with Crippen LogP contribution in [-0.2, 0) is 6.42 Å². The van der Waals surface area contributed by atoms with Crippen molar-refractivity contribution in [2.45, 2.75) is 45.3 Å². The van der Waals surface area contributed by atoms with Gasteiger partial charge in [-0.25, -0.2) is 0 Å². The van der Waals surface area contributed by atoms with Crippen molar-refractivity contribution in [3.8, 4) is 5.75 Å². The molecular formula is C18H28N2O. The molecule has 0 amide bonds. The predicted molar refractivity (Wildman–Crippen MR) is 86.9 cm³/mol. The van der Waals surface area contributed by atoms with Crippen molar-refractivity contribution >= 4 is 0 Å². The van der Waals surface area contributed by atoms with E-state index < -0.39 is 0 Å². The fourth-order valence-corrected chi connectivity index (χ4v) is 3.77. The van der Waals surface area contributed by atoms with E-state index in [0.717, 1.165) is 31.2 Å². The molecule has 1 aromatic rings. The molecule has 3 nitrogen and oxygen atoms in total. The largest absolute Gasteiger partial charge is 0.488 e. The summed E-state index contributed by atoms with van der Waals surface area (Å²) in [6.45, 7) is 9.13. The van der Waals surface area contributed by atoms with Crippen LogP contribution in [0.3, 0.4) is 0 Å². The highest BCUT2D eigenvalue weighted by Gasteiger charge is 2.28. The van der Waals surface area contributed by atoms with E-state index in [1.807, 2.05) is 0 Å². The third-order valence-corrected chi connectivity index (χ3v) is 5.04. The van der Waals surface area contributed by atoms with Gasteiger partial charge in [-0.1, -0.05) is 25.1 Å². The number of nitrogens with one attached hydrogen (secondary N) is 1. The molecule has 2 aliphatic rings. The van der Waals surface area contributed by atoms with Crippen LogP contribution in [0.15, 0.2) is 24.3 Å². The van der Waals surface area contributed by atoms with Gasteiger partial charge in [0.1, 0.15) is 11.9 Å². The fourth-order valence-electron chi connectivity index (χ4n) is 3.77. The first-order valence-corrected chi connectivity index (χ1v) is 8.46. The summed E-state index contributed by atoms with van der Waals surface area (Å²) >= 11 is 0. The van der Waals surface area contributed by atoms with Gasteiger partial charge < -0.3 is 10.1 Å². The maximum atomic E-state index is 6.07. The molecule has 0 aromatic heterocycles. The number of piperidine rings is 1. The van der Waals surface area contributed by atoms with Crippen LogP contribution in [0.25, 0.3) is 0 Å². The van der Waals surface area contributed by atoms with E-state index in [1.165, 1.54) is 31.5 Å². The van der Waals surface area contributed by atoms with E-state index in [9.17, 15) is 0 Å². The van der Waals surface area contributed by atoms with Gasteiger partial charge in [-0.15, -0.1) is 0 Å². The van der Waals surface area contributed by atoms with Crippen LogP contribution in [0, 0.1) is 5.92 Å². The summed E-state index contributed by atoms with van der Waals surface area (Å²) in [5, 5.41) is 3.57. The summed E-state index contributed by atoms with van der Waals surface area (Å²) in [5.74, 6) is 1.93. The van der Waals surface area contributed by atoms with Gasteiger partial charge in [0.25, 0.3) is 0 Å². The van der Waals surface area contributed by atoms with E-state index in [-0.39, 0.29) is 0 Å². The lowest BCUT2D eigenvalue weighted by molar-refractivity contribution is 0.108. The van der Waals surface area contributed by atoms with Gasteiger partial charge in [0.15, 0.2) is 0 Å². The molecule has 21 heavy (non-hydrogen) atoms. The number of para-hydroxylation sites is 1. The number of benzene rings is 1. The normalized spacial score (nSPS) is 24.6. The van der Waals surface area contributed by atoms with Crippen molar-refractivity contribution in [1.82, 2.24) is 10.2 Å². The zero-order valence-corrected chi connectivity index (χ0v) is 13.3. The minimum absolute atomic E-state index is 0.352. The molecule has 1 N–H and O–H groups in total. The van der Waals surface area contributed by atoms with Crippen LogP contribution in [-0.4, -0.2) is 43.2 Å². The Morgan fingerprint density at radius 3 is 2.76 bits per heavy atom. The number of fused-ring (bicyclic) bond motifs is 1. The van der Waals surface area contributed by atoms with Gasteiger partial charge in [-0.05, 0) is 56.9 Å². The molecule has 2 atom stereocenters. The topological polar surface area (TPSA) is 24.5 Å². The predicted octanol–water partition coefficient (Wildman–Crippen LogP) is 2.70. The molecule has 0 bridgehead atoms. The lowest BCUT2D eigenvalue weighted by atomic mass is 9.90. The van der Waals surface area contributed by atoms with Crippen LogP contribution >= 0.6 is 0 Å². The molecule has 1 aromatic carbocycles. The number of hydrogen-bond donors (Lipinski definition) is 1. The van der Waals surface area contributed by atoms with E-state index in [4.69, 9.17) is 4.74 Å². The second-order valence-corrected chi connectivity index (χ2v) is 6.54. The van der Waals surface area contributed by atoms with Crippen molar-refractivity contribution < 1.29 is 4.74 Å². The lowest BCUT2D eigenvalue weighted by Gasteiger charge is -2.36. The molecule has 1 fully saturated rings. The van der Waals surface area contributed by atoms with Gasteiger partial charge in [-0.3, -0.25) is 4.90 Å². The molecule has 0 radical (unpaired) electrons. The molecule has 2 heterocycles. The number of ether oxygens (including phenoxy) is 1. The summed E-state index contributed by atoms with van der Waals surface area (Å²) in [5.41, 5.74) is 1.37. The van der Waals surface area contributed by atoms with Crippen LogP contribution in [0.1, 0.15) is 32.3 Å². The van der Waals surface area contributed by atoms with Gasteiger partial charge in [0.05, 0.1) is 0 Å². The van der Waals surface area contributed by atoms with Crippen LogP contribution in [0.2, 0.25) is 0 Å². The third-order valence-electron chi connectivity index (χ3n) is 5.04. The average Bonchev–Trinajstić information content (AvgIpc) is 2.90. The van der Waals surface area contributed by atoms with Gasteiger partial charge in [0, 0.05) is 19.0 Å². The number of hydrogen-bond acceptors (Lipinski definition) is 3. The average molecular weight is 288 g/mol. The van der Waals surface area contributed by atoms with E-state index >= 15 is 0 Å². The van der Waals surface area contributed by atoms with Crippen molar-refractivity contribution in [1.29, 1.82) is 0 Å². The van der Waals surface area contributed by atoms with E-state index in [0.29, 0.717) is 12.1 Å². The molecule has 1 saturated heterocycles. The summed E-state index contributed by atoms with van der Waals surface area (Å²) in [4.78, 5) is 2.59. The molecule has 3 rings (SSSR count). The van der Waals surface area contributed by atoms with Crippen LogP contribution in [0.4, 0.5) is 0 Å². The number of rotatable bonds is 5. The standard InChI is InChI=1S/C18H28N2O/c1-3-19-14(2)15-8-10-20(11-9-15)13-17-12-16-6-4-5-7-18(16)21-17/h4-7,14-15,17,19H,3,8-13H2,1-2H3. The summed E-state index contributed by atoms with van der Waals surface area (Å²) in [6, 6.07) is 9.12. The van der Waals surface area contributed by atoms with Crippen molar-refractivity contribution in [2.75, 3.05) is 26.2 Å². The first-order chi connectivity index (χ1) is 10.3. The quantitative estimate of drug-likeness (QED) is 0.901. The molecule has 3 heteroatoms. The highest BCUT2D eigenvalue weighted by atomic mass is 16.5. The third kappa shape index (κ3) is 3.58. The van der Waals surface area contributed by atoms with Crippen molar-refractivity contribution in [3.63, 3.8) is 0 Å². The molecule has 0 aliphatic carbocycles. The Labute approximate surface area is 128 Å². The Hall–Kier alpha value is -1.06. The molecule has 116 valence electrons. The second-order valence-electron chi connectivity index (χ2n) is 6.54. The van der Waals surface area contributed by atoms with Crippen molar-refractivity contribution in [3.05, 3.63) is 29.8 Å². The van der Waals surface area contributed by atoms with Crippen LogP contribution in [0.5, 0.6) is 5.75 Å². The Kier molecular flexibility index (Phi) is 4.81. The minimum Gasteiger partial charge on any atom is -0.488 e. The van der Waals surface area contributed by atoms with Crippen LogP contribution < -0.4 is 10.1 Å². The molecular weight excluding hydrogens is 260 g/mol. The second kappa shape index (κ2) is 6.80. The fraction of sp³-hybridized carbons (Fsp3) is 0.667. The smallest absolute Gasteiger partial charge is 0.123 e. The molecule has 2 aliphatic heterocycles. The maximum absolute atomic E-state index is 6.07. The Morgan fingerprint density at radius 1 is 1.29 bits per heavy atom. The number of nitrogens with zero attached hydrogens (tertiary/aromatic N) is 1. The zero-order valence-electron chi connectivity index (χ0n) is 13.3.